The highest BCUT2D eigenvalue weighted by Gasteiger charge is 1.93. The quantitative estimate of drug-likeness (QED) is 0.335. The van der Waals surface area contributed by atoms with E-state index in [4.69, 9.17) is 15.8 Å². The van der Waals surface area contributed by atoms with Gasteiger partial charge in [-0.05, 0) is 13.0 Å². The molecule has 0 bridgehead atoms. The Morgan fingerprint density at radius 3 is 1.10 bits per heavy atom. The van der Waals surface area contributed by atoms with Gasteiger partial charge in [0.05, 0.1) is 0 Å². The summed E-state index contributed by atoms with van der Waals surface area (Å²) in [4.78, 5) is 0. The Balaban J connectivity index is 0. The summed E-state index contributed by atoms with van der Waals surface area (Å²) >= 11 is 0. The molecule has 0 amide bonds. The number of nitrogens with two attached hydrogens (primary N) is 1. The minimum Gasteiger partial charge on any atom is -0.429 e. The number of hydrogen-bond acceptors (Lipinski definition) is 3. The summed E-state index contributed by atoms with van der Waals surface area (Å²) in [6.07, 6.45) is 19.9. The Kier molecular flexibility index (Phi) is 26.7. The molecule has 0 fully saturated rings. The van der Waals surface area contributed by atoms with Crippen molar-refractivity contribution in [1.82, 2.24) is 0 Å². The third kappa shape index (κ3) is 26.5. The molecule has 0 rings (SSSR count). The zero-order valence-corrected chi connectivity index (χ0v) is 13.7. The van der Waals surface area contributed by atoms with Crippen molar-refractivity contribution < 1.29 is 10.0 Å². The van der Waals surface area contributed by atoms with Gasteiger partial charge in [-0.15, -0.1) is 0 Å². The first kappa shape index (κ1) is 22.2. The first-order valence-corrected chi connectivity index (χ1v) is 8.63. The van der Waals surface area contributed by atoms with Gasteiger partial charge in [-0.2, -0.15) is 0 Å². The Labute approximate surface area is 127 Å². The normalized spacial score (nSPS) is 10.0. The lowest BCUT2D eigenvalue weighted by molar-refractivity contribution is 0.448. The fraction of sp³-hybridized carbons (Fsp3) is 1.00. The van der Waals surface area contributed by atoms with Gasteiger partial charge < -0.3 is 15.8 Å². The van der Waals surface area contributed by atoms with Crippen LogP contribution in [0.3, 0.4) is 0 Å². The van der Waals surface area contributed by atoms with E-state index < -0.39 is 0 Å². The lowest BCUT2D eigenvalue weighted by Gasteiger charge is -2.02. The largest absolute Gasteiger partial charge is 0.482 e. The van der Waals surface area contributed by atoms with Crippen molar-refractivity contribution in [2.75, 3.05) is 6.54 Å². The topological polar surface area (TPSA) is 66.5 Å². The Morgan fingerprint density at radius 2 is 0.850 bits per heavy atom. The van der Waals surface area contributed by atoms with Gasteiger partial charge in [-0.3, -0.25) is 0 Å². The Bertz CT molecular complexity index is 134. The van der Waals surface area contributed by atoms with Crippen molar-refractivity contribution in [3.63, 3.8) is 0 Å². The highest BCUT2D eigenvalue weighted by molar-refractivity contribution is 6.13. The van der Waals surface area contributed by atoms with Gasteiger partial charge in [0.25, 0.3) is 0 Å². The van der Waals surface area contributed by atoms with Gasteiger partial charge in [-0.1, -0.05) is 90.4 Å². The van der Waals surface area contributed by atoms with Crippen molar-refractivity contribution in [1.29, 1.82) is 0 Å². The Hall–Kier alpha value is -0.0551. The third-order valence-electron chi connectivity index (χ3n) is 3.56. The highest BCUT2D eigenvalue weighted by Crippen LogP contribution is 2.12. The van der Waals surface area contributed by atoms with Gasteiger partial charge in [0.1, 0.15) is 0 Å². The number of unbranched alkanes of at least 4 members (excludes halogenated alkanes) is 13. The molecule has 20 heavy (non-hydrogen) atoms. The zero-order chi connectivity index (χ0) is 15.3. The first-order valence-electron chi connectivity index (χ1n) is 8.63. The molecular formula is C16H37BNO2. The molecule has 0 aromatic heterocycles. The molecule has 0 heterocycles. The molecule has 0 saturated carbocycles. The van der Waals surface area contributed by atoms with Crippen LogP contribution in [0.1, 0.15) is 96.8 Å². The van der Waals surface area contributed by atoms with Crippen LogP contribution in [0.25, 0.3) is 0 Å². The minimum absolute atomic E-state index is 0. The van der Waals surface area contributed by atoms with Crippen LogP contribution in [-0.4, -0.2) is 24.3 Å². The molecule has 0 aliphatic rings. The van der Waals surface area contributed by atoms with E-state index in [1.807, 2.05) is 0 Å². The van der Waals surface area contributed by atoms with Crippen LogP contribution in [0.15, 0.2) is 0 Å². The molecule has 0 aromatic carbocycles. The second-order valence-corrected chi connectivity index (χ2v) is 5.50. The molecule has 0 aliphatic heterocycles. The van der Waals surface area contributed by atoms with E-state index in [0.29, 0.717) is 0 Å². The third-order valence-corrected chi connectivity index (χ3v) is 3.56. The second kappa shape index (κ2) is 24.0. The molecule has 3 nitrogen and oxygen atoms in total. The fourth-order valence-corrected chi connectivity index (χ4v) is 2.34. The monoisotopic (exact) mass is 286 g/mol. The number of hydrogen-bond donors (Lipinski definition) is 3. The van der Waals surface area contributed by atoms with Crippen LogP contribution in [0.4, 0.5) is 0 Å². The van der Waals surface area contributed by atoms with Crippen LogP contribution in [0.5, 0.6) is 0 Å². The van der Waals surface area contributed by atoms with E-state index in [0.717, 1.165) is 6.54 Å². The van der Waals surface area contributed by atoms with Gasteiger partial charge in [0, 0.05) is 0 Å². The van der Waals surface area contributed by atoms with E-state index in [-0.39, 0.29) is 7.69 Å². The average molecular weight is 286 g/mol. The van der Waals surface area contributed by atoms with Crippen molar-refractivity contribution in [3.05, 3.63) is 0 Å². The van der Waals surface area contributed by atoms with E-state index in [2.05, 4.69) is 6.92 Å². The summed E-state index contributed by atoms with van der Waals surface area (Å²) < 4.78 is 0. The smallest absolute Gasteiger partial charge is 0.429 e. The zero-order valence-electron chi connectivity index (χ0n) is 13.7. The summed E-state index contributed by atoms with van der Waals surface area (Å²) in [5.74, 6) is 0. The molecule has 121 valence electrons. The van der Waals surface area contributed by atoms with Gasteiger partial charge >= 0.3 is 7.69 Å². The van der Waals surface area contributed by atoms with Gasteiger partial charge in [0.15, 0.2) is 0 Å². The van der Waals surface area contributed by atoms with Crippen LogP contribution in [0, 0.1) is 0 Å². The molecule has 0 saturated heterocycles. The summed E-state index contributed by atoms with van der Waals surface area (Å²) in [6.45, 7) is 3.16. The van der Waals surface area contributed by atoms with Crippen LogP contribution in [-0.2, 0) is 0 Å². The summed E-state index contributed by atoms with van der Waals surface area (Å²) in [6, 6.07) is 0. The van der Waals surface area contributed by atoms with Gasteiger partial charge in [-0.25, -0.2) is 0 Å². The predicted molar refractivity (Wildman–Crippen MR) is 89.6 cm³/mol. The first-order chi connectivity index (χ1) is 9.83. The highest BCUT2D eigenvalue weighted by atomic mass is 16.4. The van der Waals surface area contributed by atoms with Crippen LogP contribution < -0.4 is 5.73 Å². The lowest BCUT2D eigenvalue weighted by atomic mass is 10.0. The van der Waals surface area contributed by atoms with E-state index in [1.54, 1.807) is 0 Å². The van der Waals surface area contributed by atoms with E-state index in [1.165, 1.54) is 89.9 Å². The molecule has 1 radical (unpaired) electrons. The molecule has 0 aliphatic carbocycles. The summed E-state index contributed by atoms with van der Waals surface area (Å²) in [7, 11) is 0. The molecule has 0 spiro atoms. The molecular weight excluding hydrogens is 249 g/mol. The van der Waals surface area contributed by atoms with Crippen LogP contribution >= 0.6 is 0 Å². The molecule has 0 unspecified atom stereocenters. The fourth-order valence-electron chi connectivity index (χ4n) is 2.34. The molecule has 4 heteroatoms. The van der Waals surface area contributed by atoms with Crippen molar-refractivity contribution in [2.24, 2.45) is 5.73 Å². The van der Waals surface area contributed by atoms with Crippen LogP contribution in [0.2, 0.25) is 0 Å². The summed E-state index contributed by atoms with van der Waals surface area (Å²) in [5, 5.41) is 14.0. The second-order valence-electron chi connectivity index (χ2n) is 5.50. The standard InChI is InChI=1S/C16H35N.BH2O2/c1-2-3-4-5-6-7-8-9-10-11-12-13-14-15-16-17;2-1-3/h2-17H2,1H3;2-3H. The summed E-state index contributed by atoms with van der Waals surface area (Å²) in [5.41, 5.74) is 5.47. The molecule has 0 atom stereocenters. The molecule has 0 aromatic rings. The van der Waals surface area contributed by atoms with Crippen molar-refractivity contribution in [2.45, 2.75) is 96.8 Å². The van der Waals surface area contributed by atoms with Gasteiger partial charge in [0.2, 0.25) is 0 Å². The minimum atomic E-state index is 0. The maximum Gasteiger partial charge on any atom is 0.482 e. The van der Waals surface area contributed by atoms with Crippen molar-refractivity contribution in [3.8, 4) is 0 Å². The maximum atomic E-state index is 7.00. The average Bonchev–Trinajstić information content (AvgIpc) is 2.45. The SMILES string of the molecule is CCCCCCCCCCCCCCCCN.O[B]O. The maximum absolute atomic E-state index is 7.00. The molecule has 4 N–H and O–H groups in total. The number of rotatable bonds is 14. The van der Waals surface area contributed by atoms with Crippen molar-refractivity contribution >= 4 is 7.69 Å². The Morgan fingerprint density at radius 1 is 0.600 bits per heavy atom. The predicted octanol–water partition coefficient (Wildman–Crippen LogP) is 3.93. The van der Waals surface area contributed by atoms with E-state index >= 15 is 0 Å². The lowest BCUT2D eigenvalue weighted by Crippen LogP contribution is -1.97. The van der Waals surface area contributed by atoms with E-state index in [9.17, 15) is 0 Å².